The number of benzene rings is 1. The van der Waals surface area contributed by atoms with Gasteiger partial charge in [0.1, 0.15) is 12.4 Å². The Morgan fingerprint density at radius 2 is 1.55 bits per heavy atom. The number of ether oxygens (including phenoxy) is 3. The molecule has 0 aromatic heterocycles. The third-order valence-corrected chi connectivity index (χ3v) is 3.05. The minimum absolute atomic E-state index is 0.146. The van der Waals surface area contributed by atoms with Crippen LogP contribution in [0.2, 0.25) is 0 Å². The molecule has 0 N–H and O–H groups in total. The van der Waals surface area contributed by atoms with E-state index in [1.54, 1.807) is 24.3 Å². The molecule has 6 heteroatoms. The Kier molecular flexibility index (Phi) is 5.49. The molecule has 0 aliphatic rings. The van der Waals surface area contributed by atoms with Crippen LogP contribution >= 0.6 is 0 Å². The smallest absolute Gasteiger partial charge is 0.326 e. The molecule has 0 saturated carbocycles. The Balaban J connectivity index is 3.10. The van der Waals surface area contributed by atoms with Gasteiger partial charge >= 0.3 is 11.9 Å². The number of methoxy groups -OCH3 is 3. The molecule has 0 atom stereocenters. The molecule has 0 heterocycles. The van der Waals surface area contributed by atoms with E-state index in [2.05, 4.69) is 9.47 Å². The molecule has 0 aliphatic carbocycles. The third-order valence-electron chi connectivity index (χ3n) is 3.05. The standard InChI is InChI=1S/C14H17FO5/c1-18-11-6-4-10(5-7-11)8-14(9-15,12(16)19-2)13(17)20-3/h4-7H,8-9H2,1-3H3. The van der Waals surface area contributed by atoms with Crippen molar-refractivity contribution in [3.63, 3.8) is 0 Å². The molecule has 5 nitrogen and oxygen atoms in total. The van der Waals surface area contributed by atoms with E-state index in [4.69, 9.17) is 4.74 Å². The number of halogens is 1. The van der Waals surface area contributed by atoms with Crippen LogP contribution in [-0.4, -0.2) is 39.9 Å². The molecule has 0 saturated heterocycles. The summed E-state index contributed by atoms with van der Waals surface area (Å²) < 4.78 is 27.5. The number of alkyl halides is 1. The van der Waals surface area contributed by atoms with Crippen molar-refractivity contribution in [2.75, 3.05) is 28.0 Å². The number of esters is 2. The SMILES string of the molecule is COC(=O)C(CF)(Cc1ccc(OC)cc1)C(=O)OC. The molecule has 0 unspecified atom stereocenters. The van der Waals surface area contributed by atoms with Crippen LogP contribution in [-0.2, 0) is 25.5 Å². The highest BCUT2D eigenvalue weighted by Crippen LogP contribution is 2.28. The summed E-state index contributed by atoms with van der Waals surface area (Å²) in [7, 11) is 3.72. The number of carbonyl (C=O) groups excluding carboxylic acids is 2. The average molecular weight is 284 g/mol. The Bertz CT molecular complexity index is 453. The second-order valence-electron chi connectivity index (χ2n) is 4.22. The minimum Gasteiger partial charge on any atom is -0.497 e. The fourth-order valence-corrected chi connectivity index (χ4v) is 1.87. The Hall–Kier alpha value is -2.11. The summed E-state index contributed by atoms with van der Waals surface area (Å²) in [6, 6.07) is 6.62. The average Bonchev–Trinajstić information content (AvgIpc) is 2.51. The quantitative estimate of drug-likeness (QED) is 0.585. The van der Waals surface area contributed by atoms with Crippen LogP contribution in [0.15, 0.2) is 24.3 Å². The van der Waals surface area contributed by atoms with Gasteiger partial charge in [0.25, 0.3) is 0 Å². The third kappa shape index (κ3) is 3.07. The molecule has 0 spiro atoms. The van der Waals surface area contributed by atoms with Crippen LogP contribution in [0.1, 0.15) is 5.56 Å². The van der Waals surface area contributed by atoms with E-state index in [1.165, 1.54) is 7.11 Å². The summed E-state index contributed by atoms with van der Waals surface area (Å²) in [5.41, 5.74) is -1.38. The fourth-order valence-electron chi connectivity index (χ4n) is 1.87. The summed E-state index contributed by atoms with van der Waals surface area (Å²) in [6.45, 7) is -1.20. The van der Waals surface area contributed by atoms with E-state index in [1.807, 2.05) is 0 Å². The van der Waals surface area contributed by atoms with Gasteiger partial charge in [-0.1, -0.05) is 12.1 Å². The zero-order valence-corrected chi connectivity index (χ0v) is 11.6. The summed E-state index contributed by atoms with van der Waals surface area (Å²) in [6.07, 6.45) is -0.146. The lowest BCUT2D eigenvalue weighted by Gasteiger charge is -2.25. The predicted octanol–water partition coefficient (Wildman–Crippen LogP) is 1.54. The van der Waals surface area contributed by atoms with Gasteiger partial charge in [-0.15, -0.1) is 0 Å². The first-order chi connectivity index (χ1) is 9.53. The van der Waals surface area contributed by atoms with Gasteiger partial charge in [-0.05, 0) is 17.7 Å². The summed E-state index contributed by atoms with van der Waals surface area (Å²) in [4.78, 5) is 23.6. The number of hydrogen-bond donors (Lipinski definition) is 0. The van der Waals surface area contributed by atoms with Gasteiger partial charge in [-0.2, -0.15) is 0 Å². The Morgan fingerprint density at radius 1 is 1.05 bits per heavy atom. The van der Waals surface area contributed by atoms with Gasteiger partial charge in [0.2, 0.25) is 0 Å². The molecule has 0 radical (unpaired) electrons. The van der Waals surface area contributed by atoms with Crippen molar-refractivity contribution in [2.24, 2.45) is 5.41 Å². The lowest BCUT2D eigenvalue weighted by molar-refractivity contribution is -0.170. The molecule has 1 rings (SSSR count). The lowest BCUT2D eigenvalue weighted by atomic mass is 9.82. The molecule has 110 valence electrons. The van der Waals surface area contributed by atoms with Gasteiger partial charge in [-0.3, -0.25) is 9.59 Å². The Morgan fingerprint density at radius 3 is 1.90 bits per heavy atom. The van der Waals surface area contributed by atoms with Crippen molar-refractivity contribution < 1.29 is 28.2 Å². The van der Waals surface area contributed by atoms with Crippen LogP contribution < -0.4 is 4.74 Å². The van der Waals surface area contributed by atoms with Crippen molar-refractivity contribution in [3.8, 4) is 5.75 Å². The maximum Gasteiger partial charge on any atom is 0.326 e. The van der Waals surface area contributed by atoms with Gasteiger partial charge < -0.3 is 14.2 Å². The topological polar surface area (TPSA) is 61.8 Å². The second kappa shape index (κ2) is 6.88. The molecular formula is C14H17FO5. The van der Waals surface area contributed by atoms with E-state index in [0.29, 0.717) is 11.3 Å². The first kappa shape index (κ1) is 15.9. The maximum atomic E-state index is 13.4. The minimum atomic E-state index is -1.97. The van der Waals surface area contributed by atoms with E-state index in [9.17, 15) is 14.0 Å². The zero-order chi connectivity index (χ0) is 15.2. The monoisotopic (exact) mass is 284 g/mol. The van der Waals surface area contributed by atoms with Gasteiger partial charge in [-0.25, -0.2) is 4.39 Å². The van der Waals surface area contributed by atoms with Crippen LogP contribution in [0, 0.1) is 5.41 Å². The number of rotatable bonds is 6. The van der Waals surface area contributed by atoms with E-state index < -0.39 is 24.0 Å². The fraction of sp³-hybridized carbons (Fsp3) is 0.429. The molecule has 0 aliphatic heterocycles. The van der Waals surface area contributed by atoms with Crippen molar-refractivity contribution in [1.29, 1.82) is 0 Å². The maximum absolute atomic E-state index is 13.4. The van der Waals surface area contributed by atoms with Crippen molar-refractivity contribution in [1.82, 2.24) is 0 Å². The number of hydrogen-bond acceptors (Lipinski definition) is 5. The second-order valence-corrected chi connectivity index (χ2v) is 4.22. The molecule has 0 amide bonds. The van der Waals surface area contributed by atoms with Gasteiger partial charge in [0, 0.05) is 6.42 Å². The molecule has 1 aromatic rings. The van der Waals surface area contributed by atoms with Crippen LogP contribution in [0.5, 0.6) is 5.75 Å². The molecule has 0 bridgehead atoms. The lowest BCUT2D eigenvalue weighted by Crippen LogP contribution is -2.45. The predicted molar refractivity (Wildman–Crippen MR) is 69.1 cm³/mol. The Labute approximate surface area is 116 Å². The van der Waals surface area contributed by atoms with Crippen LogP contribution in [0.4, 0.5) is 4.39 Å². The van der Waals surface area contributed by atoms with Crippen molar-refractivity contribution >= 4 is 11.9 Å². The highest BCUT2D eigenvalue weighted by Gasteiger charge is 2.49. The van der Waals surface area contributed by atoms with Gasteiger partial charge in [0.15, 0.2) is 5.41 Å². The summed E-state index contributed by atoms with van der Waals surface area (Å²) >= 11 is 0. The van der Waals surface area contributed by atoms with E-state index >= 15 is 0 Å². The first-order valence-corrected chi connectivity index (χ1v) is 5.89. The molecule has 0 fully saturated rings. The normalized spacial score (nSPS) is 10.8. The molecule has 1 aromatic carbocycles. The van der Waals surface area contributed by atoms with E-state index in [0.717, 1.165) is 14.2 Å². The highest BCUT2D eigenvalue weighted by atomic mass is 19.1. The summed E-state index contributed by atoms with van der Waals surface area (Å²) in [5.74, 6) is -1.29. The summed E-state index contributed by atoms with van der Waals surface area (Å²) in [5, 5.41) is 0. The zero-order valence-electron chi connectivity index (χ0n) is 11.6. The first-order valence-electron chi connectivity index (χ1n) is 5.89. The molecular weight excluding hydrogens is 267 g/mol. The van der Waals surface area contributed by atoms with Crippen LogP contribution in [0.25, 0.3) is 0 Å². The van der Waals surface area contributed by atoms with Crippen molar-refractivity contribution in [3.05, 3.63) is 29.8 Å². The van der Waals surface area contributed by atoms with E-state index in [-0.39, 0.29) is 6.42 Å². The highest BCUT2D eigenvalue weighted by molar-refractivity contribution is 6.00. The van der Waals surface area contributed by atoms with Crippen molar-refractivity contribution in [2.45, 2.75) is 6.42 Å². The largest absolute Gasteiger partial charge is 0.497 e. The number of carbonyl (C=O) groups is 2. The molecule has 20 heavy (non-hydrogen) atoms. The van der Waals surface area contributed by atoms with Gasteiger partial charge in [0.05, 0.1) is 21.3 Å². The van der Waals surface area contributed by atoms with Crippen LogP contribution in [0.3, 0.4) is 0 Å².